The van der Waals surface area contributed by atoms with Crippen LogP contribution in [0.5, 0.6) is 5.75 Å². The molecule has 4 saturated carbocycles. The molecule has 0 saturated heterocycles. The van der Waals surface area contributed by atoms with Crippen molar-refractivity contribution in [3.8, 4) is 5.75 Å². The summed E-state index contributed by atoms with van der Waals surface area (Å²) >= 11 is 0. The summed E-state index contributed by atoms with van der Waals surface area (Å²) in [5.74, 6) is 9.73. The predicted octanol–water partition coefficient (Wildman–Crippen LogP) is 8.05. The van der Waals surface area contributed by atoms with Gasteiger partial charge in [-0.15, -0.1) is 0 Å². The molecular formula is C29H44O. The van der Waals surface area contributed by atoms with Crippen LogP contribution in [0.4, 0.5) is 0 Å². The maximum atomic E-state index is 5.90. The second kappa shape index (κ2) is 8.18. The van der Waals surface area contributed by atoms with Crippen LogP contribution in [0, 0.1) is 47.3 Å². The number of methoxy groups -OCH3 is 1. The van der Waals surface area contributed by atoms with Gasteiger partial charge in [0, 0.05) is 0 Å². The van der Waals surface area contributed by atoms with Crippen molar-refractivity contribution >= 4 is 0 Å². The van der Waals surface area contributed by atoms with E-state index in [0.29, 0.717) is 0 Å². The fourth-order valence-electron chi connectivity index (χ4n) is 9.20. The predicted molar refractivity (Wildman–Crippen MR) is 126 cm³/mol. The number of hydrogen-bond donors (Lipinski definition) is 0. The van der Waals surface area contributed by atoms with Gasteiger partial charge in [-0.1, -0.05) is 33.8 Å². The van der Waals surface area contributed by atoms with Crippen LogP contribution in [0.3, 0.4) is 0 Å². The lowest BCUT2D eigenvalue weighted by atomic mass is 9.57. The highest BCUT2D eigenvalue weighted by molar-refractivity contribution is 5.40. The van der Waals surface area contributed by atoms with Gasteiger partial charge in [-0.05, 0) is 134 Å². The monoisotopic (exact) mass is 408 g/mol. The summed E-state index contributed by atoms with van der Waals surface area (Å²) in [6, 6.07) is 7.47. The van der Waals surface area contributed by atoms with Crippen molar-refractivity contribution < 1.29 is 4.74 Å². The molecule has 0 aromatic heterocycles. The van der Waals surface area contributed by atoms with Gasteiger partial charge in [-0.2, -0.15) is 0 Å². The molecule has 1 nitrogen and oxygen atoms in total. The van der Waals surface area contributed by atoms with Crippen LogP contribution in [0.1, 0.15) is 102 Å². The fraction of sp³-hybridized carbons (Fsp3) is 0.793. The van der Waals surface area contributed by atoms with Gasteiger partial charge in [0.15, 0.2) is 0 Å². The largest absolute Gasteiger partial charge is 0.497 e. The quantitative estimate of drug-likeness (QED) is 0.491. The third kappa shape index (κ3) is 3.84. The maximum Gasteiger partial charge on any atom is 0.119 e. The van der Waals surface area contributed by atoms with E-state index in [4.69, 9.17) is 4.74 Å². The zero-order valence-electron chi connectivity index (χ0n) is 20.1. The highest BCUT2D eigenvalue weighted by Gasteiger charge is 2.43. The van der Waals surface area contributed by atoms with E-state index < -0.39 is 0 Å². The van der Waals surface area contributed by atoms with Crippen LogP contribution < -0.4 is 4.74 Å². The van der Waals surface area contributed by atoms with Crippen molar-refractivity contribution in [3.63, 3.8) is 0 Å². The summed E-state index contributed by atoms with van der Waals surface area (Å²) in [4.78, 5) is 0. The second-order valence-corrected chi connectivity index (χ2v) is 12.4. The first-order chi connectivity index (χ1) is 14.4. The van der Waals surface area contributed by atoms with Crippen LogP contribution in [0.2, 0.25) is 0 Å². The Balaban J connectivity index is 1.49. The van der Waals surface area contributed by atoms with E-state index in [0.717, 1.165) is 64.9 Å². The smallest absolute Gasteiger partial charge is 0.119 e. The molecule has 0 spiro atoms. The molecule has 4 aliphatic carbocycles. The lowest BCUT2D eigenvalue weighted by molar-refractivity contribution is 0.0826. The van der Waals surface area contributed by atoms with Crippen molar-refractivity contribution in [3.05, 3.63) is 29.3 Å². The Labute approximate surface area is 185 Å². The number of fused-ring (bicyclic) bond motifs is 4. The fourth-order valence-corrected chi connectivity index (χ4v) is 9.20. The molecule has 4 aliphatic rings. The van der Waals surface area contributed by atoms with E-state index in [9.17, 15) is 0 Å². The standard InChI is InChI=1S/C29H44O/c1-17-6-21-10-19(3)28(23(8-17)12-21)25-14-26(16-27(15-25)30-5)29-20(4)11-22-7-18(2)9-24(29)13-22/h14-24,28-29H,6-13H2,1-5H3. The van der Waals surface area contributed by atoms with Gasteiger partial charge in [0.1, 0.15) is 5.75 Å². The third-order valence-corrected chi connectivity index (χ3v) is 9.76. The van der Waals surface area contributed by atoms with Crippen LogP contribution in [-0.4, -0.2) is 7.11 Å². The van der Waals surface area contributed by atoms with E-state index in [1.54, 1.807) is 11.1 Å². The molecule has 0 N–H and O–H groups in total. The molecule has 5 rings (SSSR count). The van der Waals surface area contributed by atoms with Crippen LogP contribution >= 0.6 is 0 Å². The molecule has 0 heterocycles. The van der Waals surface area contributed by atoms with Crippen molar-refractivity contribution in [2.75, 3.05) is 7.11 Å². The van der Waals surface area contributed by atoms with Crippen LogP contribution in [-0.2, 0) is 0 Å². The summed E-state index contributed by atoms with van der Waals surface area (Å²) in [5, 5.41) is 0. The van der Waals surface area contributed by atoms with E-state index in [-0.39, 0.29) is 0 Å². The van der Waals surface area contributed by atoms with Crippen LogP contribution in [0.15, 0.2) is 18.2 Å². The van der Waals surface area contributed by atoms with Crippen molar-refractivity contribution in [1.29, 1.82) is 0 Å². The number of ether oxygens (including phenoxy) is 1. The lowest BCUT2D eigenvalue weighted by Gasteiger charge is -2.48. The molecule has 4 fully saturated rings. The Morgan fingerprint density at radius 2 is 1.07 bits per heavy atom. The van der Waals surface area contributed by atoms with Crippen molar-refractivity contribution in [2.45, 2.75) is 90.9 Å². The molecule has 30 heavy (non-hydrogen) atoms. The molecule has 1 aromatic carbocycles. The highest BCUT2D eigenvalue weighted by Crippen LogP contribution is 2.55. The molecule has 0 amide bonds. The molecule has 10 unspecified atom stereocenters. The Morgan fingerprint density at radius 3 is 1.50 bits per heavy atom. The zero-order chi connectivity index (χ0) is 21.0. The summed E-state index contributed by atoms with van der Waals surface area (Å²) in [6.45, 7) is 10.1. The summed E-state index contributed by atoms with van der Waals surface area (Å²) in [7, 11) is 1.87. The molecule has 0 aliphatic heterocycles. The maximum absolute atomic E-state index is 5.90. The summed E-state index contributed by atoms with van der Waals surface area (Å²) in [5.41, 5.74) is 3.21. The Kier molecular flexibility index (Phi) is 5.70. The molecule has 1 heteroatoms. The van der Waals surface area contributed by atoms with Gasteiger partial charge in [-0.3, -0.25) is 0 Å². The second-order valence-electron chi connectivity index (χ2n) is 12.4. The van der Waals surface area contributed by atoms with Crippen molar-refractivity contribution in [1.82, 2.24) is 0 Å². The lowest BCUT2D eigenvalue weighted by Crippen LogP contribution is -2.36. The first-order valence-corrected chi connectivity index (χ1v) is 13.1. The van der Waals surface area contributed by atoms with Crippen molar-refractivity contribution in [2.24, 2.45) is 47.3 Å². The van der Waals surface area contributed by atoms with Gasteiger partial charge in [-0.25, -0.2) is 0 Å². The number of rotatable bonds is 3. The molecule has 1 aromatic rings. The average Bonchev–Trinajstić information content (AvgIpc) is 2.66. The van der Waals surface area contributed by atoms with E-state index >= 15 is 0 Å². The normalized spacial score (nSPS) is 45.8. The first kappa shape index (κ1) is 20.9. The minimum Gasteiger partial charge on any atom is -0.497 e. The Morgan fingerprint density at radius 1 is 0.600 bits per heavy atom. The topological polar surface area (TPSA) is 9.23 Å². The summed E-state index contributed by atoms with van der Waals surface area (Å²) in [6.07, 6.45) is 11.6. The van der Waals surface area contributed by atoms with Gasteiger partial charge in [0.25, 0.3) is 0 Å². The highest BCUT2D eigenvalue weighted by atomic mass is 16.5. The van der Waals surface area contributed by atoms with Crippen LogP contribution in [0.25, 0.3) is 0 Å². The summed E-state index contributed by atoms with van der Waals surface area (Å²) < 4.78 is 5.90. The molecular weight excluding hydrogens is 364 g/mol. The van der Waals surface area contributed by atoms with E-state index in [1.807, 2.05) is 7.11 Å². The zero-order valence-corrected chi connectivity index (χ0v) is 20.1. The minimum atomic E-state index is 0.731. The van der Waals surface area contributed by atoms with Gasteiger partial charge >= 0.3 is 0 Å². The SMILES string of the molecule is COc1cc(C2C(C)CC3CC(C)CC2C3)cc(C2C(C)CC3CC(C)CC2C3)c1. The molecule has 166 valence electrons. The Hall–Kier alpha value is -0.980. The van der Waals surface area contributed by atoms with E-state index in [2.05, 4.69) is 45.9 Å². The van der Waals surface area contributed by atoms with Gasteiger partial charge in [0.2, 0.25) is 0 Å². The molecule has 0 radical (unpaired) electrons. The first-order valence-electron chi connectivity index (χ1n) is 13.1. The third-order valence-electron chi connectivity index (χ3n) is 9.76. The minimum absolute atomic E-state index is 0.731. The van der Waals surface area contributed by atoms with E-state index in [1.165, 1.54) is 51.4 Å². The Bertz CT molecular complexity index is 686. The number of benzene rings is 1. The molecule has 10 atom stereocenters. The molecule has 4 bridgehead atoms. The average molecular weight is 409 g/mol. The van der Waals surface area contributed by atoms with Gasteiger partial charge in [0.05, 0.1) is 7.11 Å². The van der Waals surface area contributed by atoms with Gasteiger partial charge < -0.3 is 4.74 Å². The number of hydrogen-bond acceptors (Lipinski definition) is 1.